The quantitative estimate of drug-likeness (QED) is 0.876. The molecule has 0 unspecified atom stereocenters. The first-order valence-electron chi connectivity index (χ1n) is 9.99. The van der Waals surface area contributed by atoms with Gasteiger partial charge in [-0.05, 0) is 50.2 Å². The summed E-state index contributed by atoms with van der Waals surface area (Å²) in [7, 11) is 0. The lowest BCUT2D eigenvalue weighted by Gasteiger charge is -2.39. The van der Waals surface area contributed by atoms with Crippen LogP contribution in [0.4, 0.5) is 5.95 Å². The van der Waals surface area contributed by atoms with Gasteiger partial charge < -0.3 is 15.1 Å². The molecule has 2 aromatic rings. The van der Waals surface area contributed by atoms with E-state index >= 15 is 0 Å². The molecule has 2 fully saturated rings. The molecule has 0 saturated carbocycles. The summed E-state index contributed by atoms with van der Waals surface area (Å²) in [4.78, 5) is 14.5. The van der Waals surface area contributed by atoms with E-state index in [2.05, 4.69) is 45.2 Å². The molecule has 1 aromatic carbocycles. The van der Waals surface area contributed by atoms with Crippen molar-refractivity contribution in [2.75, 3.05) is 50.7 Å². The Kier molecular flexibility index (Phi) is 5.62. The molecule has 0 atom stereocenters. The molecule has 4 rings (SSSR count). The van der Waals surface area contributed by atoms with Crippen LogP contribution in [0, 0.1) is 0 Å². The van der Waals surface area contributed by atoms with Crippen molar-refractivity contribution >= 4 is 17.5 Å². The SMILES string of the molecule is CCN1CCN(c2nccc(C3(c4ccccc4Cl)CCNCC3)n2)CC1. The van der Waals surface area contributed by atoms with Crippen molar-refractivity contribution in [2.45, 2.75) is 25.2 Å². The minimum atomic E-state index is -0.146. The highest BCUT2D eigenvalue weighted by atomic mass is 35.5. The van der Waals surface area contributed by atoms with Crippen molar-refractivity contribution in [3.05, 3.63) is 52.8 Å². The fourth-order valence-electron chi connectivity index (χ4n) is 4.40. The molecule has 3 heterocycles. The summed E-state index contributed by atoms with van der Waals surface area (Å²) in [5, 5.41) is 4.32. The van der Waals surface area contributed by atoms with Gasteiger partial charge >= 0.3 is 0 Å². The number of aromatic nitrogens is 2. The highest BCUT2D eigenvalue weighted by molar-refractivity contribution is 6.31. The summed E-state index contributed by atoms with van der Waals surface area (Å²) in [6.07, 6.45) is 3.91. The van der Waals surface area contributed by atoms with E-state index in [1.807, 2.05) is 18.3 Å². The Morgan fingerprint density at radius 3 is 2.52 bits per heavy atom. The number of likely N-dealkylation sites (N-methyl/N-ethyl adjacent to an activating group) is 1. The Bertz CT molecular complexity index is 767. The number of halogens is 1. The zero-order chi connectivity index (χ0) is 18.7. The van der Waals surface area contributed by atoms with E-state index < -0.39 is 0 Å². The van der Waals surface area contributed by atoms with Gasteiger partial charge in [0.15, 0.2) is 0 Å². The lowest BCUT2D eigenvalue weighted by molar-refractivity contribution is 0.269. The number of piperidine rings is 1. The van der Waals surface area contributed by atoms with Crippen LogP contribution >= 0.6 is 11.6 Å². The maximum Gasteiger partial charge on any atom is 0.225 e. The number of piperazine rings is 1. The molecule has 1 N–H and O–H groups in total. The third kappa shape index (κ3) is 3.68. The van der Waals surface area contributed by atoms with Crippen LogP contribution in [-0.2, 0) is 5.41 Å². The Balaban J connectivity index is 1.69. The highest BCUT2D eigenvalue weighted by Crippen LogP contribution is 2.42. The summed E-state index contributed by atoms with van der Waals surface area (Å²) >= 11 is 6.64. The normalized spacial score (nSPS) is 20.6. The molecular formula is C21H28ClN5. The first kappa shape index (κ1) is 18.7. The molecule has 0 radical (unpaired) electrons. The molecule has 5 nitrogen and oxygen atoms in total. The summed E-state index contributed by atoms with van der Waals surface area (Å²) < 4.78 is 0. The second kappa shape index (κ2) is 8.13. The van der Waals surface area contributed by atoms with Crippen LogP contribution in [0.5, 0.6) is 0 Å². The molecule has 0 aliphatic carbocycles. The Hall–Kier alpha value is -1.69. The topological polar surface area (TPSA) is 44.3 Å². The summed E-state index contributed by atoms with van der Waals surface area (Å²) in [5.41, 5.74) is 2.14. The largest absolute Gasteiger partial charge is 0.338 e. The minimum Gasteiger partial charge on any atom is -0.338 e. The zero-order valence-electron chi connectivity index (χ0n) is 16.0. The van der Waals surface area contributed by atoms with Gasteiger partial charge in [0.2, 0.25) is 5.95 Å². The second-order valence-electron chi connectivity index (χ2n) is 7.48. The van der Waals surface area contributed by atoms with Gasteiger partial charge in [-0.25, -0.2) is 9.97 Å². The van der Waals surface area contributed by atoms with E-state index in [1.165, 1.54) is 5.56 Å². The minimum absolute atomic E-state index is 0.146. The van der Waals surface area contributed by atoms with Crippen LogP contribution in [0.15, 0.2) is 36.5 Å². The van der Waals surface area contributed by atoms with Gasteiger partial charge in [-0.2, -0.15) is 0 Å². The molecule has 2 aliphatic rings. The van der Waals surface area contributed by atoms with E-state index in [1.54, 1.807) is 0 Å². The Morgan fingerprint density at radius 1 is 1.07 bits per heavy atom. The van der Waals surface area contributed by atoms with Gasteiger partial charge in [0.1, 0.15) is 0 Å². The fourth-order valence-corrected chi connectivity index (χ4v) is 4.71. The van der Waals surface area contributed by atoms with Gasteiger partial charge in [0.05, 0.1) is 5.69 Å². The Morgan fingerprint density at radius 2 is 1.81 bits per heavy atom. The monoisotopic (exact) mass is 385 g/mol. The third-order valence-corrected chi connectivity index (χ3v) is 6.41. The number of benzene rings is 1. The standard InChI is InChI=1S/C21H28ClN5/c1-2-26-13-15-27(16-14-26)20-24-10-7-19(25-20)21(8-11-23-12-9-21)17-5-3-4-6-18(17)22/h3-7,10,23H,2,8-9,11-16H2,1H3. The van der Waals surface area contributed by atoms with Gasteiger partial charge in [0, 0.05) is 42.8 Å². The van der Waals surface area contributed by atoms with Crippen LogP contribution in [0.2, 0.25) is 5.02 Å². The molecule has 0 amide bonds. The van der Waals surface area contributed by atoms with Gasteiger partial charge in [-0.1, -0.05) is 36.7 Å². The third-order valence-electron chi connectivity index (χ3n) is 6.08. The summed E-state index contributed by atoms with van der Waals surface area (Å²) in [5.74, 6) is 0.855. The molecule has 0 bridgehead atoms. The first-order chi connectivity index (χ1) is 13.2. The van der Waals surface area contributed by atoms with Crippen LogP contribution in [-0.4, -0.2) is 60.7 Å². The number of rotatable bonds is 4. The Labute approximate surface area is 166 Å². The number of nitrogens with zero attached hydrogens (tertiary/aromatic N) is 4. The molecular weight excluding hydrogens is 358 g/mol. The molecule has 6 heteroatoms. The summed E-state index contributed by atoms with van der Waals surface area (Å²) in [6.45, 7) is 9.39. The van der Waals surface area contributed by atoms with Crippen molar-refractivity contribution in [3.63, 3.8) is 0 Å². The van der Waals surface area contributed by atoms with Crippen molar-refractivity contribution in [1.29, 1.82) is 0 Å². The van der Waals surface area contributed by atoms with E-state index in [0.717, 1.165) is 75.3 Å². The van der Waals surface area contributed by atoms with Gasteiger partial charge in [-0.15, -0.1) is 0 Å². The van der Waals surface area contributed by atoms with E-state index in [0.29, 0.717) is 0 Å². The molecule has 2 saturated heterocycles. The van der Waals surface area contributed by atoms with E-state index in [-0.39, 0.29) is 5.41 Å². The van der Waals surface area contributed by atoms with Crippen LogP contribution in [0.3, 0.4) is 0 Å². The van der Waals surface area contributed by atoms with Gasteiger partial charge in [0.25, 0.3) is 0 Å². The van der Waals surface area contributed by atoms with Crippen LogP contribution in [0.25, 0.3) is 0 Å². The van der Waals surface area contributed by atoms with Crippen molar-refractivity contribution < 1.29 is 0 Å². The number of hydrogen-bond donors (Lipinski definition) is 1. The molecule has 27 heavy (non-hydrogen) atoms. The number of anilines is 1. The predicted molar refractivity (Wildman–Crippen MR) is 111 cm³/mol. The van der Waals surface area contributed by atoms with Crippen molar-refractivity contribution in [3.8, 4) is 0 Å². The van der Waals surface area contributed by atoms with Crippen molar-refractivity contribution in [2.24, 2.45) is 0 Å². The second-order valence-corrected chi connectivity index (χ2v) is 7.88. The summed E-state index contributed by atoms with van der Waals surface area (Å²) in [6, 6.07) is 10.3. The average molecular weight is 386 g/mol. The fraction of sp³-hybridized carbons (Fsp3) is 0.524. The van der Waals surface area contributed by atoms with Crippen LogP contribution in [0.1, 0.15) is 31.0 Å². The molecule has 144 valence electrons. The highest BCUT2D eigenvalue weighted by Gasteiger charge is 2.39. The van der Waals surface area contributed by atoms with Crippen LogP contribution < -0.4 is 10.2 Å². The first-order valence-corrected chi connectivity index (χ1v) is 10.4. The van der Waals surface area contributed by atoms with E-state index in [4.69, 9.17) is 16.6 Å². The van der Waals surface area contributed by atoms with Gasteiger partial charge in [-0.3, -0.25) is 0 Å². The van der Waals surface area contributed by atoms with E-state index in [9.17, 15) is 0 Å². The lowest BCUT2D eigenvalue weighted by Crippen LogP contribution is -2.47. The maximum atomic E-state index is 6.64. The number of hydrogen-bond acceptors (Lipinski definition) is 5. The average Bonchev–Trinajstić information content (AvgIpc) is 2.75. The maximum absolute atomic E-state index is 6.64. The number of nitrogens with one attached hydrogen (secondary N) is 1. The lowest BCUT2D eigenvalue weighted by atomic mass is 9.70. The smallest absolute Gasteiger partial charge is 0.225 e. The molecule has 0 spiro atoms. The van der Waals surface area contributed by atoms with Crippen molar-refractivity contribution in [1.82, 2.24) is 20.2 Å². The predicted octanol–water partition coefficient (Wildman–Crippen LogP) is 2.94. The zero-order valence-corrected chi connectivity index (χ0v) is 16.8. The molecule has 2 aliphatic heterocycles. The molecule has 1 aromatic heterocycles.